The van der Waals surface area contributed by atoms with Gasteiger partial charge in [0.2, 0.25) is 10.0 Å². The minimum Gasteiger partial charge on any atom is -0.379 e. The number of hydrogen-bond acceptors (Lipinski definition) is 7. The summed E-state index contributed by atoms with van der Waals surface area (Å²) in [5.74, 6) is 0.793. The maximum atomic E-state index is 13.0. The van der Waals surface area contributed by atoms with Crippen molar-refractivity contribution in [1.29, 1.82) is 5.26 Å². The first-order valence-corrected chi connectivity index (χ1v) is 12.7. The lowest BCUT2D eigenvalue weighted by Crippen LogP contribution is -2.40. The van der Waals surface area contributed by atoms with Crippen molar-refractivity contribution in [2.75, 3.05) is 38.7 Å². The molecule has 2 aliphatic heterocycles. The molecule has 0 amide bonds. The Morgan fingerprint density at radius 2 is 2.10 bits per heavy atom. The zero-order valence-electron chi connectivity index (χ0n) is 16.8. The minimum atomic E-state index is -3.57. The third-order valence-electron chi connectivity index (χ3n) is 5.37. The Morgan fingerprint density at radius 1 is 1.27 bits per heavy atom. The molecule has 1 aromatic carbocycles. The summed E-state index contributed by atoms with van der Waals surface area (Å²) < 4.78 is 40.8. The van der Waals surface area contributed by atoms with Gasteiger partial charge < -0.3 is 14.0 Å². The molecule has 0 bridgehead atoms. The van der Waals surface area contributed by atoms with Crippen molar-refractivity contribution in [3.05, 3.63) is 18.2 Å². The molecule has 0 aliphatic carbocycles. The second-order valence-corrected chi connectivity index (χ2v) is 10.4. The fraction of sp³-hybridized carbons (Fsp3) is 0.600. The number of ether oxygens (including phenoxy) is 2. The van der Waals surface area contributed by atoms with Gasteiger partial charge in [0.05, 0.1) is 47.9 Å². The summed E-state index contributed by atoms with van der Waals surface area (Å²) in [5.41, 5.74) is 1.58. The number of benzene rings is 1. The van der Waals surface area contributed by atoms with Crippen LogP contribution in [0.5, 0.6) is 0 Å². The highest BCUT2D eigenvalue weighted by Gasteiger charge is 2.27. The van der Waals surface area contributed by atoms with Gasteiger partial charge in [0, 0.05) is 31.9 Å². The zero-order valence-corrected chi connectivity index (χ0v) is 18.5. The van der Waals surface area contributed by atoms with Gasteiger partial charge in [-0.3, -0.25) is 0 Å². The van der Waals surface area contributed by atoms with Crippen LogP contribution in [0.1, 0.15) is 25.7 Å². The standard InChI is InChI=1S/C20H26N4O4S2/c21-7-1-2-13-29-20-22-18-14-17(30(25,26)23-8-11-27-12-9-23)5-6-19(18)24(20)15-16-4-3-10-28-16/h5-6,14,16H,1-4,8-13,15H2. The molecule has 2 aromatic rings. The Balaban J connectivity index is 1.64. The van der Waals surface area contributed by atoms with Crippen molar-refractivity contribution in [2.24, 2.45) is 0 Å². The van der Waals surface area contributed by atoms with Crippen LogP contribution in [0.25, 0.3) is 11.0 Å². The van der Waals surface area contributed by atoms with Gasteiger partial charge >= 0.3 is 0 Å². The van der Waals surface area contributed by atoms with Crippen molar-refractivity contribution in [1.82, 2.24) is 13.9 Å². The largest absolute Gasteiger partial charge is 0.379 e. The lowest BCUT2D eigenvalue weighted by molar-refractivity contribution is 0.0730. The van der Waals surface area contributed by atoms with Gasteiger partial charge in [-0.25, -0.2) is 13.4 Å². The van der Waals surface area contributed by atoms with E-state index in [1.165, 1.54) is 4.31 Å². The molecular formula is C20H26N4O4S2. The smallest absolute Gasteiger partial charge is 0.243 e. The van der Waals surface area contributed by atoms with Gasteiger partial charge in [-0.2, -0.15) is 9.57 Å². The second kappa shape index (κ2) is 9.66. The lowest BCUT2D eigenvalue weighted by Gasteiger charge is -2.26. The molecule has 1 unspecified atom stereocenters. The van der Waals surface area contributed by atoms with Gasteiger partial charge in [-0.05, 0) is 37.5 Å². The number of hydrogen-bond donors (Lipinski definition) is 0. The SMILES string of the molecule is N#CCCCSc1nc2cc(S(=O)(=O)N3CCOCC3)ccc2n1CC1CCCO1. The quantitative estimate of drug-likeness (QED) is 0.450. The van der Waals surface area contributed by atoms with E-state index >= 15 is 0 Å². The van der Waals surface area contributed by atoms with Gasteiger partial charge in [-0.1, -0.05) is 11.8 Å². The number of rotatable bonds is 8. The maximum Gasteiger partial charge on any atom is 0.243 e. The van der Waals surface area contributed by atoms with Gasteiger partial charge in [0.15, 0.2) is 5.16 Å². The molecule has 162 valence electrons. The molecule has 2 fully saturated rings. The number of thioether (sulfide) groups is 1. The van der Waals surface area contributed by atoms with Crippen molar-refractivity contribution < 1.29 is 17.9 Å². The second-order valence-electron chi connectivity index (χ2n) is 7.42. The van der Waals surface area contributed by atoms with Crippen molar-refractivity contribution in [3.63, 3.8) is 0 Å². The van der Waals surface area contributed by atoms with E-state index in [1.807, 2.05) is 6.07 Å². The molecule has 1 atom stereocenters. The minimum absolute atomic E-state index is 0.151. The Bertz CT molecular complexity index is 1020. The highest BCUT2D eigenvalue weighted by molar-refractivity contribution is 7.99. The van der Waals surface area contributed by atoms with Crippen LogP contribution in [0.15, 0.2) is 28.3 Å². The zero-order chi connectivity index (χ0) is 21.0. The molecule has 0 radical (unpaired) electrons. The van der Waals surface area contributed by atoms with Crippen LogP contribution in [0, 0.1) is 11.3 Å². The van der Waals surface area contributed by atoms with Gasteiger partial charge in [0.1, 0.15) is 0 Å². The molecule has 0 saturated carbocycles. The van der Waals surface area contributed by atoms with Gasteiger partial charge in [0.25, 0.3) is 0 Å². The van der Waals surface area contributed by atoms with E-state index < -0.39 is 10.0 Å². The monoisotopic (exact) mass is 450 g/mol. The van der Waals surface area contributed by atoms with Crippen LogP contribution in [-0.4, -0.2) is 67.0 Å². The molecule has 4 rings (SSSR count). The Hall–Kier alpha value is -1.64. The number of nitrogens with zero attached hydrogens (tertiary/aromatic N) is 4. The molecular weight excluding hydrogens is 424 g/mol. The van der Waals surface area contributed by atoms with Crippen LogP contribution >= 0.6 is 11.8 Å². The lowest BCUT2D eigenvalue weighted by atomic mass is 10.2. The van der Waals surface area contributed by atoms with Crippen molar-refractivity contribution in [3.8, 4) is 6.07 Å². The third kappa shape index (κ3) is 4.65. The van der Waals surface area contributed by atoms with E-state index in [-0.39, 0.29) is 11.0 Å². The fourth-order valence-corrected chi connectivity index (χ4v) is 6.17. The van der Waals surface area contributed by atoms with E-state index in [2.05, 4.69) is 10.6 Å². The Labute approximate surface area is 181 Å². The van der Waals surface area contributed by atoms with E-state index in [0.717, 1.165) is 42.3 Å². The first-order chi connectivity index (χ1) is 14.6. The number of unbranched alkanes of at least 4 members (excludes halogenated alkanes) is 1. The molecule has 3 heterocycles. The summed E-state index contributed by atoms with van der Waals surface area (Å²) in [7, 11) is -3.57. The maximum absolute atomic E-state index is 13.0. The molecule has 8 nitrogen and oxygen atoms in total. The van der Waals surface area contributed by atoms with Crippen molar-refractivity contribution >= 4 is 32.8 Å². The average Bonchev–Trinajstić information content (AvgIpc) is 3.40. The number of sulfonamides is 1. The number of imidazole rings is 1. The number of aromatic nitrogens is 2. The molecule has 1 aromatic heterocycles. The summed E-state index contributed by atoms with van der Waals surface area (Å²) in [6, 6.07) is 7.36. The first kappa shape index (κ1) is 21.6. The highest BCUT2D eigenvalue weighted by atomic mass is 32.2. The summed E-state index contributed by atoms with van der Waals surface area (Å²) in [5, 5.41) is 9.62. The Kier molecular flexibility index (Phi) is 6.95. The Morgan fingerprint density at radius 3 is 2.83 bits per heavy atom. The molecule has 0 N–H and O–H groups in total. The summed E-state index contributed by atoms with van der Waals surface area (Å²) >= 11 is 1.61. The van der Waals surface area contributed by atoms with Crippen LogP contribution in [-0.2, 0) is 26.0 Å². The normalized spacial score (nSPS) is 20.6. The van der Waals surface area contributed by atoms with Gasteiger partial charge in [-0.15, -0.1) is 0 Å². The van der Waals surface area contributed by atoms with Crippen LogP contribution in [0.2, 0.25) is 0 Å². The molecule has 10 heteroatoms. The molecule has 2 saturated heterocycles. The average molecular weight is 451 g/mol. The summed E-state index contributed by atoms with van der Waals surface area (Å²) in [6.45, 7) is 3.06. The number of morpholine rings is 1. The number of fused-ring (bicyclic) bond motifs is 1. The van der Waals surface area contributed by atoms with E-state index in [9.17, 15) is 8.42 Å². The molecule has 2 aliphatic rings. The molecule has 30 heavy (non-hydrogen) atoms. The third-order valence-corrected chi connectivity index (χ3v) is 8.32. The predicted molar refractivity (Wildman–Crippen MR) is 114 cm³/mol. The number of nitriles is 1. The first-order valence-electron chi connectivity index (χ1n) is 10.3. The summed E-state index contributed by atoms with van der Waals surface area (Å²) in [4.78, 5) is 5.02. The fourth-order valence-electron chi connectivity index (χ4n) is 3.78. The van der Waals surface area contributed by atoms with Crippen LogP contribution < -0.4 is 0 Å². The highest BCUT2D eigenvalue weighted by Crippen LogP contribution is 2.29. The van der Waals surface area contributed by atoms with E-state index in [1.54, 1.807) is 23.9 Å². The van der Waals surface area contributed by atoms with E-state index in [0.29, 0.717) is 44.8 Å². The van der Waals surface area contributed by atoms with Crippen molar-refractivity contribution in [2.45, 2.75) is 48.4 Å². The van der Waals surface area contributed by atoms with Crippen LogP contribution in [0.3, 0.4) is 0 Å². The molecule has 0 spiro atoms. The van der Waals surface area contributed by atoms with E-state index in [4.69, 9.17) is 19.7 Å². The summed E-state index contributed by atoms with van der Waals surface area (Å²) in [6.07, 6.45) is 3.53. The van der Waals surface area contributed by atoms with Crippen LogP contribution in [0.4, 0.5) is 0 Å². The predicted octanol–water partition coefficient (Wildman–Crippen LogP) is 2.63. The topological polar surface area (TPSA) is 97.5 Å².